The predicted molar refractivity (Wildman–Crippen MR) is 157 cm³/mol. The summed E-state index contributed by atoms with van der Waals surface area (Å²) in [6.45, 7) is 5.89. The average Bonchev–Trinajstić information content (AvgIpc) is 2.96. The summed E-state index contributed by atoms with van der Waals surface area (Å²) >= 11 is 0. The summed E-state index contributed by atoms with van der Waals surface area (Å²) in [5, 5.41) is 8.40. The van der Waals surface area contributed by atoms with Gasteiger partial charge in [-0.3, -0.25) is 14.3 Å². The number of pyridine rings is 1. The molecule has 0 spiro atoms. The highest BCUT2D eigenvalue weighted by atomic mass is 32.2. The molecule has 214 valence electrons. The van der Waals surface area contributed by atoms with Gasteiger partial charge in [0.1, 0.15) is 11.6 Å². The van der Waals surface area contributed by atoms with E-state index < -0.39 is 10.0 Å². The molecular weight excluding hydrogens is 528 g/mol. The minimum Gasteiger partial charge on any atom is -0.426 e. The van der Waals surface area contributed by atoms with Crippen LogP contribution in [0.5, 0.6) is 5.75 Å². The fraction of sp³-hybridized carbons (Fsp3) is 0.367. The highest BCUT2D eigenvalue weighted by molar-refractivity contribution is 7.92. The van der Waals surface area contributed by atoms with E-state index in [-0.39, 0.29) is 41.1 Å². The second-order valence-electron chi connectivity index (χ2n) is 9.51. The fourth-order valence-corrected chi connectivity index (χ4v) is 4.79. The number of unbranched alkanes of at least 4 members (excludes halogenated alkanes) is 4. The third-order valence-electron chi connectivity index (χ3n) is 6.33. The van der Waals surface area contributed by atoms with Crippen LogP contribution >= 0.6 is 0 Å². The highest BCUT2D eigenvalue weighted by Gasteiger charge is 2.21. The van der Waals surface area contributed by atoms with Gasteiger partial charge in [-0.15, -0.1) is 0 Å². The molecule has 1 atom stereocenters. The van der Waals surface area contributed by atoms with E-state index in [0.717, 1.165) is 32.1 Å². The van der Waals surface area contributed by atoms with E-state index in [1.165, 1.54) is 30.5 Å². The van der Waals surface area contributed by atoms with Crippen LogP contribution in [0.15, 0.2) is 82.0 Å². The molecule has 3 rings (SSSR count). The fourth-order valence-electron chi connectivity index (χ4n) is 3.79. The quantitative estimate of drug-likeness (QED) is 0.0652. The van der Waals surface area contributed by atoms with Crippen LogP contribution in [0, 0.1) is 5.92 Å². The number of carbonyl (C=O) groups is 2. The zero-order chi connectivity index (χ0) is 29.0. The zero-order valence-corrected chi connectivity index (χ0v) is 24.0. The molecule has 1 heterocycles. The average molecular weight is 567 g/mol. The van der Waals surface area contributed by atoms with E-state index in [4.69, 9.17) is 4.74 Å². The number of nitrogens with one attached hydrogen (secondary N) is 1. The third-order valence-corrected chi connectivity index (χ3v) is 7.70. The molecule has 1 unspecified atom stereocenters. The first kappa shape index (κ1) is 30.6. The van der Waals surface area contributed by atoms with Crippen molar-refractivity contribution < 1.29 is 24.2 Å². The number of ether oxygens (including phenoxy) is 1. The number of esters is 1. The summed E-state index contributed by atoms with van der Waals surface area (Å²) in [5.41, 5.74) is 1.11. The smallest absolute Gasteiger partial charge is 0.311 e. The van der Waals surface area contributed by atoms with E-state index in [2.05, 4.69) is 26.9 Å². The Morgan fingerprint density at radius 1 is 0.950 bits per heavy atom. The van der Waals surface area contributed by atoms with Crippen molar-refractivity contribution in [2.45, 2.75) is 70.6 Å². The number of hydrogen-bond acceptors (Lipinski definition) is 8. The van der Waals surface area contributed by atoms with Gasteiger partial charge in [0.25, 0.3) is 10.0 Å². The van der Waals surface area contributed by atoms with Crippen molar-refractivity contribution in [1.29, 1.82) is 0 Å². The molecule has 10 heteroatoms. The number of anilines is 1. The van der Waals surface area contributed by atoms with Gasteiger partial charge in [0.15, 0.2) is 5.78 Å². The number of azo groups is 1. The molecule has 0 radical (unpaired) electrons. The Hall–Kier alpha value is -3.92. The number of nitrogens with zero attached hydrogens (tertiary/aromatic N) is 3. The Kier molecular flexibility index (Phi) is 11.5. The molecule has 2 aromatic carbocycles. The van der Waals surface area contributed by atoms with E-state index in [1.54, 1.807) is 36.4 Å². The van der Waals surface area contributed by atoms with Crippen LogP contribution in [0.4, 0.5) is 17.2 Å². The van der Waals surface area contributed by atoms with Crippen LogP contribution in [-0.2, 0) is 14.8 Å². The maximum Gasteiger partial charge on any atom is 0.311 e. The van der Waals surface area contributed by atoms with Crippen molar-refractivity contribution in [1.82, 2.24) is 4.98 Å². The van der Waals surface area contributed by atoms with Crippen molar-refractivity contribution in [3.05, 3.63) is 72.4 Å². The van der Waals surface area contributed by atoms with Crippen LogP contribution in [0.25, 0.3) is 0 Å². The Labute approximate surface area is 237 Å². The van der Waals surface area contributed by atoms with E-state index in [1.807, 2.05) is 13.8 Å². The minimum atomic E-state index is -3.81. The lowest BCUT2D eigenvalue weighted by Crippen LogP contribution is -2.15. The van der Waals surface area contributed by atoms with Crippen molar-refractivity contribution in [2.24, 2.45) is 16.1 Å². The van der Waals surface area contributed by atoms with Crippen molar-refractivity contribution >= 4 is 39.0 Å². The minimum absolute atomic E-state index is 0. The van der Waals surface area contributed by atoms with Crippen molar-refractivity contribution in [3.8, 4) is 5.75 Å². The molecule has 1 aromatic heterocycles. The lowest BCUT2D eigenvalue weighted by Gasteiger charge is -2.13. The van der Waals surface area contributed by atoms with Crippen LogP contribution in [0.3, 0.4) is 0 Å². The number of benzene rings is 2. The van der Waals surface area contributed by atoms with Crippen LogP contribution in [0.1, 0.15) is 77.5 Å². The number of aromatic nitrogens is 1. The van der Waals surface area contributed by atoms with E-state index in [0.29, 0.717) is 24.2 Å². The first-order chi connectivity index (χ1) is 19.2. The maximum absolute atomic E-state index is 13.1. The predicted octanol–water partition coefficient (Wildman–Crippen LogP) is 8.04. The lowest BCUT2D eigenvalue weighted by molar-refractivity contribution is -0.134. The number of Topliss-reactive ketones (excluding diaryl/α,β-unsaturated/α-hetero) is 1. The first-order valence-electron chi connectivity index (χ1n) is 13.6. The van der Waals surface area contributed by atoms with E-state index in [9.17, 15) is 18.0 Å². The number of sulfonamides is 1. The molecule has 0 saturated heterocycles. The van der Waals surface area contributed by atoms with Crippen LogP contribution in [0.2, 0.25) is 0 Å². The van der Waals surface area contributed by atoms with E-state index >= 15 is 0 Å². The molecule has 0 saturated carbocycles. The van der Waals surface area contributed by atoms with Gasteiger partial charge in [-0.25, -0.2) is 13.4 Å². The molecule has 0 bridgehead atoms. The molecule has 0 aliphatic heterocycles. The second kappa shape index (κ2) is 15.0. The van der Waals surface area contributed by atoms with Crippen molar-refractivity contribution in [3.63, 3.8) is 0 Å². The Balaban J connectivity index is 0.00000588. The Morgan fingerprint density at radius 2 is 1.65 bits per heavy atom. The molecule has 0 aliphatic rings. The number of carbonyl (C=O) groups excluding carboxylic acids is 2. The van der Waals surface area contributed by atoms with Gasteiger partial charge < -0.3 is 4.74 Å². The molecule has 0 amide bonds. The Morgan fingerprint density at radius 3 is 2.33 bits per heavy atom. The third kappa shape index (κ3) is 9.08. The number of rotatable bonds is 15. The maximum atomic E-state index is 13.1. The van der Waals surface area contributed by atoms with Gasteiger partial charge in [0, 0.05) is 20.0 Å². The van der Waals surface area contributed by atoms with Gasteiger partial charge in [-0.1, -0.05) is 52.5 Å². The first-order valence-corrected chi connectivity index (χ1v) is 15.1. The normalized spacial score (nSPS) is 12.3. The second-order valence-corrected chi connectivity index (χ2v) is 11.2. The summed E-state index contributed by atoms with van der Waals surface area (Å²) in [4.78, 5) is 29.5. The molecule has 9 nitrogen and oxygen atoms in total. The monoisotopic (exact) mass is 566 g/mol. The number of ketones is 1. The standard InChI is InChI=1S/C30H36N4O5S.H2/c1-4-6-7-8-9-13-29(35)39-27-19-16-24(21-26(27)30(36)22(3)5-2)33-32-23-14-17-25(18-15-23)40(37,38)34-28-12-10-11-20-31-28;/h10-12,14-22H,4-9,13H2,1-3H3,(H,31,34);1H. The highest BCUT2D eigenvalue weighted by Crippen LogP contribution is 2.30. The number of hydrogen-bond donors (Lipinski definition) is 1. The SMILES string of the molecule is CCCCCCCC(=O)Oc1ccc(N=Nc2ccc(S(=O)(=O)Nc3ccccn3)cc2)cc1C(=O)C(C)CC.[HH]. The van der Waals surface area contributed by atoms with Gasteiger partial charge >= 0.3 is 5.97 Å². The summed E-state index contributed by atoms with van der Waals surface area (Å²) in [7, 11) is -3.81. The molecule has 0 fully saturated rings. The molecule has 0 aliphatic carbocycles. The largest absolute Gasteiger partial charge is 0.426 e. The summed E-state index contributed by atoms with van der Waals surface area (Å²) in [6.07, 6.45) is 7.51. The summed E-state index contributed by atoms with van der Waals surface area (Å²) in [5.74, 6) is -0.322. The summed E-state index contributed by atoms with van der Waals surface area (Å²) < 4.78 is 33.2. The van der Waals surface area contributed by atoms with Crippen molar-refractivity contribution in [2.75, 3.05) is 4.72 Å². The van der Waals surface area contributed by atoms with Gasteiger partial charge in [0.05, 0.1) is 21.8 Å². The lowest BCUT2D eigenvalue weighted by atomic mass is 9.96. The molecule has 3 aromatic rings. The van der Waals surface area contributed by atoms with Gasteiger partial charge in [0.2, 0.25) is 0 Å². The van der Waals surface area contributed by atoms with Gasteiger partial charge in [-0.05, 0) is 67.4 Å². The topological polar surface area (TPSA) is 127 Å². The molecule has 40 heavy (non-hydrogen) atoms. The van der Waals surface area contributed by atoms with Crippen LogP contribution in [-0.4, -0.2) is 25.2 Å². The summed E-state index contributed by atoms with van der Waals surface area (Å²) in [6, 6.07) is 15.6. The molecular formula is C30H38N4O5S. The zero-order valence-electron chi connectivity index (χ0n) is 23.2. The van der Waals surface area contributed by atoms with Gasteiger partial charge in [-0.2, -0.15) is 10.2 Å². The van der Waals surface area contributed by atoms with Crippen LogP contribution < -0.4 is 9.46 Å². The Bertz CT molecular complexity index is 1410. The molecule has 1 N–H and O–H groups in total.